The number of benzene rings is 1. The lowest BCUT2D eigenvalue weighted by atomic mass is 10.2. The Bertz CT molecular complexity index is 923. The van der Waals surface area contributed by atoms with Gasteiger partial charge in [0.2, 0.25) is 11.6 Å². The first-order valence-electron chi connectivity index (χ1n) is 7.47. The van der Waals surface area contributed by atoms with Gasteiger partial charge in [-0.1, -0.05) is 23.7 Å². The molecule has 1 aromatic carbocycles. The van der Waals surface area contributed by atoms with Crippen LogP contribution in [0.4, 0.5) is 11.5 Å². The quantitative estimate of drug-likeness (QED) is 0.554. The van der Waals surface area contributed by atoms with E-state index >= 15 is 0 Å². The van der Waals surface area contributed by atoms with Crippen molar-refractivity contribution in [2.75, 3.05) is 5.32 Å². The fraction of sp³-hybridized carbons (Fsp3) is 0.188. The second-order valence-electron chi connectivity index (χ2n) is 5.47. The van der Waals surface area contributed by atoms with Crippen LogP contribution in [0.15, 0.2) is 36.7 Å². The molecule has 8 nitrogen and oxygen atoms in total. The van der Waals surface area contributed by atoms with E-state index in [1.165, 1.54) is 11.0 Å². The van der Waals surface area contributed by atoms with Crippen LogP contribution in [0.1, 0.15) is 17.0 Å². The highest BCUT2D eigenvalue weighted by atomic mass is 35.5. The van der Waals surface area contributed by atoms with E-state index in [4.69, 9.17) is 11.6 Å². The molecule has 0 aliphatic heterocycles. The van der Waals surface area contributed by atoms with E-state index in [-0.39, 0.29) is 17.3 Å². The van der Waals surface area contributed by atoms with Gasteiger partial charge in [-0.2, -0.15) is 5.10 Å². The van der Waals surface area contributed by atoms with E-state index in [1.54, 1.807) is 12.1 Å². The molecular formula is C16H15ClN6O2. The van der Waals surface area contributed by atoms with Gasteiger partial charge in [0.1, 0.15) is 6.33 Å². The minimum Gasteiger partial charge on any atom is -0.360 e. The summed E-state index contributed by atoms with van der Waals surface area (Å²) in [6, 6.07) is 9.02. The molecule has 3 aromatic rings. The number of aryl methyl sites for hydroxylation is 2. The first-order chi connectivity index (χ1) is 12.0. The maximum absolute atomic E-state index is 11.6. The van der Waals surface area contributed by atoms with E-state index in [9.17, 15) is 10.1 Å². The smallest absolute Gasteiger partial charge is 0.355 e. The summed E-state index contributed by atoms with van der Waals surface area (Å²) in [4.78, 5) is 19.2. The lowest BCUT2D eigenvalue weighted by Crippen LogP contribution is -2.11. The summed E-state index contributed by atoms with van der Waals surface area (Å²) in [5, 5.41) is 19.5. The molecule has 0 bridgehead atoms. The van der Waals surface area contributed by atoms with Gasteiger partial charge in [0.05, 0.1) is 10.6 Å². The molecule has 0 aliphatic rings. The van der Waals surface area contributed by atoms with E-state index in [1.807, 2.05) is 32.0 Å². The van der Waals surface area contributed by atoms with Gasteiger partial charge in [0.25, 0.3) is 0 Å². The Kier molecular flexibility index (Phi) is 4.62. The Balaban J connectivity index is 1.97. The zero-order chi connectivity index (χ0) is 18.0. The predicted molar refractivity (Wildman–Crippen MR) is 94.1 cm³/mol. The van der Waals surface area contributed by atoms with Crippen LogP contribution < -0.4 is 5.32 Å². The number of rotatable bonds is 5. The fourth-order valence-electron chi connectivity index (χ4n) is 2.45. The van der Waals surface area contributed by atoms with Crippen molar-refractivity contribution in [2.45, 2.75) is 20.4 Å². The third kappa shape index (κ3) is 3.58. The summed E-state index contributed by atoms with van der Waals surface area (Å²) in [5.41, 5.74) is 2.21. The molecule has 25 heavy (non-hydrogen) atoms. The number of nitro groups is 1. The molecule has 2 heterocycles. The third-order valence-electron chi connectivity index (χ3n) is 3.57. The van der Waals surface area contributed by atoms with Gasteiger partial charge in [-0.3, -0.25) is 10.1 Å². The third-order valence-corrected chi connectivity index (χ3v) is 3.82. The summed E-state index contributed by atoms with van der Waals surface area (Å²) in [6.07, 6.45) is 1.28. The second kappa shape index (κ2) is 6.86. The molecule has 3 rings (SSSR count). The highest BCUT2D eigenvalue weighted by Gasteiger charge is 2.25. The topological polar surface area (TPSA) is 98.8 Å². The van der Waals surface area contributed by atoms with Crippen LogP contribution in [0.2, 0.25) is 5.02 Å². The molecule has 9 heteroatoms. The van der Waals surface area contributed by atoms with E-state index < -0.39 is 4.92 Å². The first-order valence-corrected chi connectivity index (χ1v) is 7.85. The average molecular weight is 359 g/mol. The Morgan fingerprint density at radius 3 is 2.56 bits per heavy atom. The van der Waals surface area contributed by atoms with Crippen LogP contribution in [-0.4, -0.2) is 24.7 Å². The summed E-state index contributed by atoms with van der Waals surface area (Å²) < 4.78 is 1.45. The van der Waals surface area contributed by atoms with Crippen LogP contribution in [0.3, 0.4) is 0 Å². The summed E-state index contributed by atoms with van der Waals surface area (Å²) in [7, 11) is 0. The molecule has 128 valence electrons. The van der Waals surface area contributed by atoms with Crippen molar-refractivity contribution in [3.05, 3.63) is 68.7 Å². The van der Waals surface area contributed by atoms with Gasteiger partial charge in [0, 0.05) is 17.3 Å². The molecule has 0 atom stereocenters. The van der Waals surface area contributed by atoms with Crippen molar-refractivity contribution >= 4 is 23.1 Å². The van der Waals surface area contributed by atoms with Crippen LogP contribution in [-0.2, 0) is 6.54 Å². The molecule has 0 fully saturated rings. The Morgan fingerprint density at radius 1 is 1.24 bits per heavy atom. The van der Waals surface area contributed by atoms with Crippen molar-refractivity contribution in [3.8, 4) is 5.82 Å². The molecule has 0 saturated carbocycles. The van der Waals surface area contributed by atoms with Crippen molar-refractivity contribution < 1.29 is 4.92 Å². The molecule has 1 N–H and O–H groups in total. The molecule has 2 aromatic heterocycles. The zero-order valence-corrected chi connectivity index (χ0v) is 14.4. The minimum absolute atomic E-state index is 0.129. The Labute approximate surface area is 148 Å². The van der Waals surface area contributed by atoms with Gasteiger partial charge in [-0.05, 0) is 37.6 Å². The lowest BCUT2D eigenvalue weighted by molar-refractivity contribution is -0.384. The maximum Gasteiger partial charge on any atom is 0.355 e. The Morgan fingerprint density at radius 2 is 1.96 bits per heavy atom. The predicted octanol–water partition coefficient (Wildman–Crippen LogP) is 3.45. The number of anilines is 1. The normalized spacial score (nSPS) is 10.7. The SMILES string of the molecule is Cc1cc(C)n(-c2ncnc(NCc3ccc(Cl)cc3)c2[N+](=O)[O-])n1. The maximum atomic E-state index is 11.6. The summed E-state index contributed by atoms with van der Waals surface area (Å²) in [6.45, 7) is 3.99. The average Bonchev–Trinajstić information content (AvgIpc) is 2.92. The van der Waals surface area contributed by atoms with Gasteiger partial charge in [-0.15, -0.1) is 0 Å². The van der Waals surface area contributed by atoms with Crippen molar-refractivity contribution in [1.29, 1.82) is 0 Å². The standard InChI is InChI=1S/C16H15ClN6O2/c1-10-7-11(2)22(21-10)16-14(23(24)25)15(19-9-20-16)18-8-12-3-5-13(17)6-4-12/h3-7,9H,8H2,1-2H3,(H,18,19,20). The van der Waals surface area contributed by atoms with Crippen LogP contribution in [0, 0.1) is 24.0 Å². The number of hydrogen-bond acceptors (Lipinski definition) is 6. The fourth-order valence-corrected chi connectivity index (χ4v) is 2.58. The van der Waals surface area contributed by atoms with E-state index in [2.05, 4.69) is 20.4 Å². The van der Waals surface area contributed by atoms with Crippen molar-refractivity contribution in [1.82, 2.24) is 19.7 Å². The van der Waals surface area contributed by atoms with Gasteiger partial charge in [-0.25, -0.2) is 14.6 Å². The molecule has 0 unspecified atom stereocenters. The molecule has 0 aliphatic carbocycles. The Hall–Kier alpha value is -3.00. The highest BCUT2D eigenvalue weighted by molar-refractivity contribution is 6.30. The van der Waals surface area contributed by atoms with E-state index in [0.29, 0.717) is 11.6 Å². The number of halogens is 1. The molecule has 0 spiro atoms. The number of aromatic nitrogens is 4. The molecule has 0 radical (unpaired) electrons. The summed E-state index contributed by atoms with van der Waals surface area (Å²) >= 11 is 5.86. The first kappa shape index (κ1) is 16.8. The molecule has 0 amide bonds. The number of nitrogens with zero attached hydrogens (tertiary/aromatic N) is 5. The molecular weight excluding hydrogens is 344 g/mol. The van der Waals surface area contributed by atoms with Gasteiger partial charge in [0.15, 0.2) is 0 Å². The zero-order valence-electron chi connectivity index (χ0n) is 13.6. The van der Waals surface area contributed by atoms with Gasteiger partial charge < -0.3 is 5.32 Å². The molecule has 0 saturated heterocycles. The summed E-state index contributed by atoms with van der Waals surface area (Å²) in [5.74, 6) is 0.265. The van der Waals surface area contributed by atoms with Crippen LogP contribution in [0.5, 0.6) is 0 Å². The van der Waals surface area contributed by atoms with Crippen molar-refractivity contribution in [2.24, 2.45) is 0 Å². The van der Waals surface area contributed by atoms with Crippen LogP contribution in [0.25, 0.3) is 5.82 Å². The second-order valence-corrected chi connectivity index (χ2v) is 5.91. The largest absolute Gasteiger partial charge is 0.360 e. The monoisotopic (exact) mass is 358 g/mol. The van der Waals surface area contributed by atoms with Crippen molar-refractivity contribution in [3.63, 3.8) is 0 Å². The van der Waals surface area contributed by atoms with Gasteiger partial charge >= 0.3 is 5.69 Å². The van der Waals surface area contributed by atoms with E-state index in [0.717, 1.165) is 17.0 Å². The minimum atomic E-state index is -0.504. The number of hydrogen-bond donors (Lipinski definition) is 1. The van der Waals surface area contributed by atoms with Crippen LogP contribution >= 0.6 is 11.6 Å². The lowest BCUT2D eigenvalue weighted by Gasteiger charge is -2.09. The highest BCUT2D eigenvalue weighted by Crippen LogP contribution is 2.28. The number of nitrogens with one attached hydrogen (secondary N) is 1.